The van der Waals surface area contributed by atoms with Crippen molar-refractivity contribution in [1.82, 2.24) is 4.98 Å². The molecule has 1 aromatic carbocycles. The number of anilines is 1. The minimum absolute atomic E-state index is 0.260. The molecule has 2 N–H and O–H groups in total. The Kier molecular flexibility index (Phi) is 4.36. The van der Waals surface area contributed by atoms with Crippen LogP contribution in [0, 0.1) is 11.3 Å². The van der Waals surface area contributed by atoms with E-state index in [1.54, 1.807) is 12.1 Å². The Morgan fingerprint density at radius 1 is 1.04 bits per heavy atom. The Morgan fingerprint density at radius 3 is 2.58 bits per heavy atom. The quantitative estimate of drug-likeness (QED) is 0.620. The predicted molar refractivity (Wildman–Crippen MR) is 103 cm³/mol. The van der Waals surface area contributed by atoms with Gasteiger partial charge in [-0.25, -0.2) is 4.98 Å². The number of fused-ring (bicyclic) bond motifs is 1. The van der Waals surface area contributed by atoms with E-state index >= 15 is 0 Å². The Hall–Kier alpha value is -2.48. The largest absolute Gasteiger partial charge is 0.456 e. The standard InChI is InChI=1S/C20H15Cl2N3O/c21-14-6-5-11(9-15(14)22)17-7-8-18(26-17)19-12-3-1-2-4-16(12)25-20(24)13(19)10-23/h5-9H,1-4H2,(H2,24,25). The van der Waals surface area contributed by atoms with Gasteiger partial charge in [-0.05, 0) is 61.6 Å². The van der Waals surface area contributed by atoms with Gasteiger partial charge in [0.05, 0.1) is 10.0 Å². The van der Waals surface area contributed by atoms with E-state index in [9.17, 15) is 5.26 Å². The number of benzene rings is 1. The first-order chi connectivity index (χ1) is 12.6. The molecule has 4 nitrogen and oxygen atoms in total. The summed E-state index contributed by atoms with van der Waals surface area (Å²) in [5.41, 5.74) is 10.0. The van der Waals surface area contributed by atoms with Gasteiger partial charge in [-0.15, -0.1) is 0 Å². The number of rotatable bonds is 2. The molecule has 3 aromatic rings. The Morgan fingerprint density at radius 2 is 1.81 bits per heavy atom. The molecule has 4 rings (SSSR count). The lowest BCUT2D eigenvalue weighted by Gasteiger charge is -2.19. The number of furan rings is 1. The number of nitrogens with two attached hydrogens (primary N) is 1. The first-order valence-corrected chi connectivity index (χ1v) is 9.11. The van der Waals surface area contributed by atoms with E-state index in [0.717, 1.165) is 48.1 Å². The van der Waals surface area contributed by atoms with Crippen molar-refractivity contribution >= 4 is 29.0 Å². The maximum Gasteiger partial charge on any atom is 0.142 e. The molecular formula is C20H15Cl2N3O. The smallest absolute Gasteiger partial charge is 0.142 e. The number of aromatic nitrogens is 1. The Labute approximate surface area is 161 Å². The van der Waals surface area contributed by atoms with Crippen LogP contribution in [0.2, 0.25) is 10.0 Å². The zero-order valence-electron chi connectivity index (χ0n) is 13.9. The second-order valence-corrected chi connectivity index (χ2v) is 7.10. The number of halogens is 2. The molecule has 2 heterocycles. The summed E-state index contributed by atoms with van der Waals surface area (Å²) in [7, 11) is 0. The van der Waals surface area contributed by atoms with E-state index in [0.29, 0.717) is 27.1 Å². The number of hydrogen-bond donors (Lipinski definition) is 1. The molecule has 1 aliphatic rings. The Balaban J connectivity index is 1.87. The number of aryl methyl sites for hydroxylation is 1. The average molecular weight is 384 g/mol. The van der Waals surface area contributed by atoms with Gasteiger partial charge in [0.25, 0.3) is 0 Å². The van der Waals surface area contributed by atoms with Crippen LogP contribution >= 0.6 is 23.2 Å². The number of nitriles is 1. The van der Waals surface area contributed by atoms with Gasteiger partial charge in [0, 0.05) is 16.8 Å². The first kappa shape index (κ1) is 17.0. The van der Waals surface area contributed by atoms with Crippen molar-refractivity contribution in [2.75, 3.05) is 5.73 Å². The fourth-order valence-electron chi connectivity index (χ4n) is 3.42. The van der Waals surface area contributed by atoms with Crippen LogP contribution in [0.1, 0.15) is 29.7 Å². The maximum absolute atomic E-state index is 9.61. The van der Waals surface area contributed by atoms with Gasteiger partial charge in [-0.2, -0.15) is 5.26 Å². The number of nitrogen functional groups attached to an aromatic ring is 1. The number of pyridine rings is 1. The van der Waals surface area contributed by atoms with Crippen LogP contribution in [0.3, 0.4) is 0 Å². The third-order valence-corrected chi connectivity index (χ3v) is 5.41. The highest BCUT2D eigenvalue weighted by atomic mass is 35.5. The van der Waals surface area contributed by atoms with Gasteiger partial charge in [-0.1, -0.05) is 23.2 Å². The summed E-state index contributed by atoms with van der Waals surface area (Å²) in [6.07, 6.45) is 3.89. The van der Waals surface area contributed by atoms with Gasteiger partial charge in [0.1, 0.15) is 29.0 Å². The van der Waals surface area contributed by atoms with Crippen molar-refractivity contribution in [1.29, 1.82) is 5.26 Å². The fraction of sp³-hybridized carbons (Fsp3) is 0.200. The van der Waals surface area contributed by atoms with Crippen LogP contribution in [-0.2, 0) is 12.8 Å². The van der Waals surface area contributed by atoms with Crippen LogP contribution in [-0.4, -0.2) is 4.98 Å². The minimum Gasteiger partial charge on any atom is -0.456 e. The zero-order chi connectivity index (χ0) is 18.3. The normalized spacial score (nSPS) is 13.3. The van der Waals surface area contributed by atoms with E-state index in [1.807, 2.05) is 18.2 Å². The molecular weight excluding hydrogens is 369 g/mol. The topological polar surface area (TPSA) is 75.8 Å². The predicted octanol–water partition coefficient (Wildman–Crippen LogP) is 5.65. The second-order valence-electron chi connectivity index (χ2n) is 6.28. The summed E-state index contributed by atoms with van der Waals surface area (Å²) in [6, 6.07) is 11.3. The fourth-order valence-corrected chi connectivity index (χ4v) is 3.72. The van der Waals surface area contributed by atoms with Crippen LogP contribution in [0.15, 0.2) is 34.7 Å². The van der Waals surface area contributed by atoms with Crippen molar-refractivity contribution in [3.8, 4) is 28.7 Å². The van der Waals surface area contributed by atoms with Crippen LogP contribution in [0.5, 0.6) is 0 Å². The lowest BCUT2D eigenvalue weighted by Crippen LogP contribution is -2.11. The van der Waals surface area contributed by atoms with Crippen LogP contribution in [0.25, 0.3) is 22.6 Å². The molecule has 26 heavy (non-hydrogen) atoms. The highest BCUT2D eigenvalue weighted by Crippen LogP contribution is 2.38. The molecule has 0 unspecified atom stereocenters. The van der Waals surface area contributed by atoms with Crippen LogP contribution < -0.4 is 5.73 Å². The molecule has 6 heteroatoms. The molecule has 0 saturated carbocycles. The third-order valence-electron chi connectivity index (χ3n) is 4.67. The minimum atomic E-state index is 0.260. The van der Waals surface area contributed by atoms with Gasteiger partial charge >= 0.3 is 0 Å². The maximum atomic E-state index is 9.61. The molecule has 0 fully saturated rings. The number of nitrogens with zero attached hydrogens (tertiary/aromatic N) is 2. The van der Waals surface area contributed by atoms with Crippen molar-refractivity contribution in [2.45, 2.75) is 25.7 Å². The molecule has 0 radical (unpaired) electrons. The summed E-state index contributed by atoms with van der Waals surface area (Å²) < 4.78 is 6.08. The van der Waals surface area contributed by atoms with Gasteiger partial charge < -0.3 is 10.2 Å². The molecule has 0 atom stereocenters. The highest BCUT2D eigenvalue weighted by molar-refractivity contribution is 6.42. The van der Waals surface area contributed by atoms with Crippen LogP contribution in [0.4, 0.5) is 5.82 Å². The van der Waals surface area contributed by atoms with Crippen molar-refractivity contribution in [2.24, 2.45) is 0 Å². The lowest BCUT2D eigenvalue weighted by molar-refractivity contribution is 0.593. The first-order valence-electron chi connectivity index (χ1n) is 8.35. The monoisotopic (exact) mass is 383 g/mol. The van der Waals surface area contributed by atoms with E-state index in [-0.39, 0.29) is 5.82 Å². The highest BCUT2D eigenvalue weighted by Gasteiger charge is 2.24. The summed E-state index contributed by atoms with van der Waals surface area (Å²) in [5.74, 6) is 1.54. The third kappa shape index (κ3) is 2.84. The molecule has 0 bridgehead atoms. The van der Waals surface area contributed by atoms with Gasteiger partial charge in [-0.3, -0.25) is 0 Å². The molecule has 0 saturated heterocycles. The van der Waals surface area contributed by atoms with Crippen molar-refractivity contribution in [3.05, 3.63) is 57.2 Å². The van der Waals surface area contributed by atoms with E-state index in [1.165, 1.54) is 0 Å². The molecule has 0 spiro atoms. The SMILES string of the molecule is N#Cc1c(N)nc2c(c1-c1ccc(-c3ccc(Cl)c(Cl)c3)o1)CCCC2. The van der Waals surface area contributed by atoms with Gasteiger partial charge in [0.2, 0.25) is 0 Å². The molecule has 0 aliphatic heterocycles. The summed E-state index contributed by atoms with van der Waals surface area (Å²) >= 11 is 12.1. The Bertz CT molecular complexity index is 1050. The average Bonchev–Trinajstić information content (AvgIpc) is 3.12. The molecule has 130 valence electrons. The molecule has 1 aliphatic carbocycles. The lowest BCUT2D eigenvalue weighted by atomic mass is 9.89. The summed E-state index contributed by atoms with van der Waals surface area (Å²) in [6.45, 7) is 0. The van der Waals surface area contributed by atoms with E-state index < -0.39 is 0 Å². The number of hydrogen-bond acceptors (Lipinski definition) is 4. The molecule has 2 aromatic heterocycles. The summed E-state index contributed by atoms with van der Waals surface area (Å²) in [4.78, 5) is 4.44. The molecule has 0 amide bonds. The zero-order valence-corrected chi connectivity index (χ0v) is 15.4. The van der Waals surface area contributed by atoms with Crippen molar-refractivity contribution < 1.29 is 4.42 Å². The summed E-state index contributed by atoms with van der Waals surface area (Å²) in [5, 5.41) is 10.6. The van der Waals surface area contributed by atoms with Gasteiger partial charge in [0.15, 0.2) is 0 Å². The second kappa shape index (κ2) is 6.68. The van der Waals surface area contributed by atoms with E-state index in [4.69, 9.17) is 33.4 Å². The van der Waals surface area contributed by atoms with E-state index in [2.05, 4.69) is 11.1 Å². The van der Waals surface area contributed by atoms with Crippen molar-refractivity contribution in [3.63, 3.8) is 0 Å².